The Labute approximate surface area is 179 Å². The lowest BCUT2D eigenvalue weighted by Crippen LogP contribution is -2.48. The highest BCUT2D eigenvalue weighted by Crippen LogP contribution is 2.28. The van der Waals surface area contributed by atoms with E-state index in [9.17, 15) is 19.1 Å². The molecule has 1 N–H and O–H groups in total. The van der Waals surface area contributed by atoms with Gasteiger partial charge >= 0.3 is 5.63 Å². The summed E-state index contributed by atoms with van der Waals surface area (Å²) in [6, 6.07) is 9.68. The highest BCUT2D eigenvalue weighted by Gasteiger charge is 2.22. The van der Waals surface area contributed by atoms with Crippen molar-refractivity contribution in [3.8, 4) is 5.75 Å². The normalized spacial score (nSPS) is 14.3. The van der Waals surface area contributed by atoms with Gasteiger partial charge in [0.1, 0.15) is 17.1 Å². The molecule has 0 bridgehead atoms. The van der Waals surface area contributed by atoms with Gasteiger partial charge < -0.3 is 19.3 Å². The maximum Gasteiger partial charge on any atom is 0.339 e. The quantitative estimate of drug-likeness (QED) is 0.649. The van der Waals surface area contributed by atoms with E-state index in [4.69, 9.17) is 4.42 Å². The SMILES string of the molecule is Cc1c(CCC(=O)N2CCN(c3ccc(F)cc3)CC2)c(=O)oc2c(C)c(O)ccc12. The van der Waals surface area contributed by atoms with Crippen molar-refractivity contribution >= 4 is 22.6 Å². The van der Waals surface area contributed by atoms with Gasteiger partial charge in [-0.25, -0.2) is 9.18 Å². The first-order valence-electron chi connectivity index (χ1n) is 10.4. The number of rotatable bonds is 4. The average Bonchev–Trinajstić information content (AvgIpc) is 2.77. The number of hydrogen-bond donors (Lipinski definition) is 1. The minimum atomic E-state index is -0.465. The predicted molar refractivity (Wildman–Crippen MR) is 117 cm³/mol. The Hall–Kier alpha value is -3.35. The molecule has 0 atom stereocenters. The highest BCUT2D eigenvalue weighted by atomic mass is 19.1. The number of phenols is 1. The molecule has 31 heavy (non-hydrogen) atoms. The van der Waals surface area contributed by atoms with E-state index in [1.54, 1.807) is 36.1 Å². The molecule has 162 valence electrons. The molecule has 1 aliphatic heterocycles. The van der Waals surface area contributed by atoms with Crippen molar-refractivity contribution in [2.45, 2.75) is 26.7 Å². The molecule has 7 heteroatoms. The van der Waals surface area contributed by atoms with Crippen molar-refractivity contribution < 1.29 is 18.7 Å². The average molecular weight is 424 g/mol. The summed E-state index contributed by atoms with van der Waals surface area (Å²) in [5.74, 6) is -0.185. The number of fused-ring (bicyclic) bond motifs is 1. The van der Waals surface area contributed by atoms with Gasteiger partial charge in [-0.3, -0.25) is 4.79 Å². The van der Waals surface area contributed by atoms with Crippen LogP contribution >= 0.6 is 0 Å². The number of nitrogens with zero attached hydrogens (tertiary/aromatic N) is 2. The number of phenolic OH excluding ortho intramolecular Hbond substituents is 1. The second-order valence-corrected chi connectivity index (χ2v) is 7.92. The van der Waals surface area contributed by atoms with Crippen LogP contribution in [-0.2, 0) is 11.2 Å². The summed E-state index contributed by atoms with van der Waals surface area (Å²) in [7, 11) is 0. The summed E-state index contributed by atoms with van der Waals surface area (Å²) in [6.07, 6.45) is 0.533. The Bertz CT molecular complexity index is 1180. The second kappa shape index (κ2) is 8.41. The third-order valence-electron chi connectivity index (χ3n) is 6.09. The number of amides is 1. The minimum Gasteiger partial charge on any atom is -0.508 e. The standard InChI is InChI=1S/C24H25FN2O4/c1-15-19-7-9-21(28)16(2)23(19)31-24(30)20(15)8-10-22(29)27-13-11-26(12-14-27)18-5-3-17(25)4-6-18/h3-7,9,28H,8,10-14H2,1-2H3. The molecule has 0 aliphatic carbocycles. The van der Waals surface area contributed by atoms with E-state index in [0.29, 0.717) is 49.3 Å². The molecule has 1 aliphatic rings. The van der Waals surface area contributed by atoms with Crippen molar-refractivity contribution in [3.05, 3.63) is 69.3 Å². The van der Waals surface area contributed by atoms with Gasteiger partial charge in [-0.15, -0.1) is 0 Å². The summed E-state index contributed by atoms with van der Waals surface area (Å²) < 4.78 is 18.6. The number of hydrogen-bond acceptors (Lipinski definition) is 5. The van der Waals surface area contributed by atoms with Crippen LogP contribution in [-0.4, -0.2) is 42.1 Å². The third-order valence-corrected chi connectivity index (χ3v) is 6.09. The third kappa shape index (κ3) is 4.13. The molecule has 2 heterocycles. The molecule has 3 aromatic rings. The maximum absolute atomic E-state index is 13.1. The lowest BCUT2D eigenvalue weighted by Gasteiger charge is -2.36. The van der Waals surface area contributed by atoms with Crippen LogP contribution < -0.4 is 10.5 Å². The summed E-state index contributed by atoms with van der Waals surface area (Å²) >= 11 is 0. The van der Waals surface area contributed by atoms with Crippen LogP contribution in [0.25, 0.3) is 11.0 Å². The van der Waals surface area contributed by atoms with Gasteiger partial charge in [0.25, 0.3) is 0 Å². The smallest absolute Gasteiger partial charge is 0.339 e. The number of anilines is 1. The number of carbonyl (C=O) groups is 1. The fourth-order valence-corrected chi connectivity index (χ4v) is 4.12. The van der Waals surface area contributed by atoms with E-state index in [1.807, 2.05) is 6.92 Å². The Morgan fingerprint density at radius 1 is 1.03 bits per heavy atom. The van der Waals surface area contributed by atoms with Crippen molar-refractivity contribution in [1.29, 1.82) is 0 Å². The summed E-state index contributed by atoms with van der Waals surface area (Å²) in [6.45, 7) is 6.07. The van der Waals surface area contributed by atoms with Crippen LogP contribution in [0, 0.1) is 19.7 Å². The monoisotopic (exact) mass is 424 g/mol. The van der Waals surface area contributed by atoms with Gasteiger partial charge in [-0.1, -0.05) is 0 Å². The summed E-state index contributed by atoms with van der Waals surface area (Å²) in [5.41, 5.74) is 2.67. The largest absolute Gasteiger partial charge is 0.508 e. The molecule has 0 saturated carbocycles. The fourth-order valence-electron chi connectivity index (χ4n) is 4.12. The predicted octanol–water partition coefficient (Wildman–Crippen LogP) is 3.54. The first-order chi connectivity index (χ1) is 14.8. The first-order valence-corrected chi connectivity index (χ1v) is 10.4. The molecule has 0 radical (unpaired) electrons. The van der Waals surface area contributed by atoms with Crippen molar-refractivity contribution in [3.63, 3.8) is 0 Å². The molecule has 6 nitrogen and oxygen atoms in total. The number of aromatic hydroxyl groups is 1. The first kappa shape index (κ1) is 20.9. The van der Waals surface area contributed by atoms with Gasteiger partial charge in [-0.2, -0.15) is 0 Å². The van der Waals surface area contributed by atoms with Gasteiger partial charge in [-0.05, 0) is 62.2 Å². The van der Waals surface area contributed by atoms with E-state index in [2.05, 4.69) is 4.90 Å². The molecule has 2 aromatic carbocycles. The molecule has 1 amide bonds. The van der Waals surface area contributed by atoms with Gasteiger partial charge in [0.05, 0.1) is 0 Å². The molecule has 4 rings (SSSR count). The van der Waals surface area contributed by atoms with E-state index in [1.165, 1.54) is 12.1 Å². The number of aryl methyl sites for hydroxylation is 2. The Morgan fingerprint density at radius 3 is 2.39 bits per heavy atom. The summed E-state index contributed by atoms with van der Waals surface area (Å²) in [4.78, 5) is 29.2. The van der Waals surface area contributed by atoms with E-state index in [-0.39, 0.29) is 23.9 Å². The van der Waals surface area contributed by atoms with Crippen LogP contribution in [0.2, 0.25) is 0 Å². The fraction of sp³-hybridized carbons (Fsp3) is 0.333. The Balaban J connectivity index is 1.41. The zero-order valence-corrected chi connectivity index (χ0v) is 17.7. The number of carbonyl (C=O) groups excluding carboxylic acids is 1. The van der Waals surface area contributed by atoms with E-state index >= 15 is 0 Å². The van der Waals surface area contributed by atoms with Crippen molar-refractivity contribution in [2.75, 3.05) is 31.1 Å². The maximum atomic E-state index is 13.1. The van der Waals surface area contributed by atoms with Crippen LogP contribution in [0.1, 0.15) is 23.1 Å². The molecule has 1 aromatic heterocycles. The van der Waals surface area contributed by atoms with E-state index in [0.717, 1.165) is 16.6 Å². The second-order valence-electron chi connectivity index (χ2n) is 7.92. The van der Waals surface area contributed by atoms with Crippen LogP contribution in [0.3, 0.4) is 0 Å². The lowest BCUT2D eigenvalue weighted by atomic mass is 10.00. The number of piperazine rings is 1. The molecule has 1 fully saturated rings. The topological polar surface area (TPSA) is 74.0 Å². The van der Waals surface area contributed by atoms with Crippen molar-refractivity contribution in [2.24, 2.45) is 0 Å². The highest BCUT2D eigenvalue weighted by molar-refractivity contribution is 5.85. The lowest BCUT2D eigenvalue weighted by molar-refractivity contribution is -0.131. The molecular weight excluding hydrogens is 399 g/mol. The zero-order valence-electron chi connectivity index (χ0n) is 17.7. The van der Waals surface area contributed by atoms with Crippen LogP contribution in [0.4, 0.5) is 10.1 Å². The van der Waals surface area contributed by atoms with Gasteiger partial charge in [0.15, 0.2) is 0 Å². The summed E-state index contributed by atoms with van der Waals surface area (Å²) in [5, 5.41) is 10.6. The molecule has 0 spiro atoms. The van der Waals surface area contributed by atoms with E-state index < -0.39 is 5.63 Å². The van der Waals surface area contributed by atoms with Gasteiger partial charge in [0.2, 0.25) is 5.91 Å². The zero-order chi connectivity index (χ0) is 22.1. The van der Waals surface area contributed by atoms with Crippen LogP contribution in [0.15, 0.2) is 45.6 Å². The van der Waals surface area contributed by atoms with Crippen molar-refractivity contribution in [1.82, 2.24) is 4.90 Å². The van der Waals surface area contributed by atoms with Gasteiger partial charge in [0, 0.05) is 54.8 Å². The molecule has 0 unspecified atom stereocenters. The number of benzene rings is 2. The Kier molecular flexibility index (Phi) is 5.67. The minimum absolute atomic E-state index is 0.000426. The molecular formula is C24H25FN2O4. The van der Waals surface area contributed by atoms with Crippen LogP contribution in [0.5, 0.6) is 5.75 Å². The molecule has 1 saturated heterocycles. The Morgan fingerprint density at radius 2 is 1.71 bits per heavy atom. The number of halogens is 1.